The Morgan fingerprint density at radius 2 is 1.40 bits per heavy atom. The molecule has 0 bridgehead atoms. The first-order valence-corrected chi connectivity index (χ1v) is 11.4. The van der Waals surface area contributed by atoms with Crippen LogP contribution in [0.4, 0.5) is 0 Å². The second-order valence-electron chi connectivity index (χ2n) is 9.53. The van der Waals surface area contributed by atoms with Gasteiger partial charge in [0.05, 0.1) is 30.8 Å². The summed E-state index contributed by atoms with van der Waals surface area (Å²) in [6.45, 7) is -1.47. The van der Waals surface area contributed by atoms with Gasteiger partial charge in [0.25, 0.3) is 0 Å². The summed E-state index contributed by atoms with van der Waals surface area (Å²) in [6.07, 6.45) is -15.3. The first-order valence-electron chi connectivity index (χ1n) is 11.4. The van der Waals surface area contributed by atoms with Gasteiger partial charge in [-0.25, -0.2) is 0 Å². The molecule has 16 nitrogen and oxygen atoms in total. The monoisotopic (exact) mass is 513 g/mol. The third-order valence-corrected chi connectivity index (χ3v) is 7.04. The summed E-state index contributed by atoms with van der Waals surface area (Å²) in [5.41, 5.74) is 28.2. The van der Waals surface area contributed by atoms with E-state index in [0.29, 0.717) is 0 Å². The molecule has 1 aliphatic carbocycles. The Morgan fingerprint density at radius 1 is 0.771 bits per heavy atom. The van der Waals surface area contributed by atoms with Crippen molar-refractivity contribution in [3.8, 4) is 0 Å². The fourth-order valence-electron chi connectivity index (χ4n) is 4.79. The predicted molar refractivity (Wildman–Crippen MR) is 116 cm³/mol. The third kappa shape index (κ3) is 5.48. The van der Waals surface area contributed by atoms with E-state index < -0.39 is 104 Å². The number of aliphatic hydroxyl groups excluding tert-OH is 7. The van der Waals surface area contributed by atoms with E-state index in [2.05, 4.69) is 0 Å². The molecule has 2 aliphatic heterocycles. The van der Waals surface area contributed by atoms with E-state index in [-0.39, 0.29) is 13.0 Å². The highest BCUT2D eigenvalue weighted by Gasteiger charge is 2.56. The average Bonchev–Trinajstić information content (AvgIpc) is 2.83. The minimum absolute atomic E-state index is 0.135. The van der Waals surface area contributed by atoms with E-state index >= 15 is 0 Å². The van der Waals surface area contributed by atoms with Crippen molar-refractivity contribution < 1.29 is 54.7 Å². The van der Waals surface area contributed by atoms with E-state index in [1.54, 1.807) is 0 Å². The normalized spacial score (nSPS) is 53.5. The molecular weight excluding hydrogens is 474 g/mol. The second kappa shape index (κ2) is 11.4. The van der Waals surface area contributed by atoms with Crippen LogP contribution in [0.15, 0.2) is 0 Å². The van der Waals surface area contributed by atoms with Gasteiger partial charge in [-0.3, -0.25) is 0 Å². The van der Waals surface area contributed by atoms with Gasteiger partial charge >= 0.3 is 0 Å². The lowest BCUT2D eigenvalue weighted by Crippen LogP contribution is -2.74. The highest BCUT2D eigenvalue weighted by atomic mass is 16.7. The molecule has 3 fully saturated rings. The largest absolute Gasteiger partial charge is 0.394 e. The molecule has 0 amide bonds. The van der Waals surface area contributed by atoms with E-state index in [0.717, 1.165) is 0 Å². The Balaban J connectivity index is 1.81. The van der Waals surface area contributed by atoms with Crippen LogP contribution >= 0.6 is 0 Å². The van der Waals surface area contributed by atoms with Crippen LogP contribution in [0.5, 0.6) is 0 Å². The smallest absolute Gasteiger partial charge is 0.186 e. The van der Waals surface area contributed by atoms with Crippen molar-refractivity contribution in [3.05, 3.63) is 0 Å². The fraction of sp³-hybridized carbons (Fsp3) is 1.00. The molecule has 0 spiro atoms. The van der Waals surface area contributed by atoms with Crippen molar-refractivity contribution in [2.75, 3.05) is 19.8 Å². The van der Waals surface area contributed by atoms with Gasteiger partial charge < -0.3 is 83.4 Å². The molecule has 3 aliphatic rings. The van der Waals surface area contributed by atoms with Crippen LogP contribution in [0.3, 0.4) is 0 Å². The highest BCUT2D eigenvalue weighted by Crippen LogP contribution is 2.35. The van der Waals surface area contributed by atoms with Crippen LogP contribution in [-0.2, 0) is 18.9 Å². The van der Waals surface area contributed by atoms with Gasteiger partial charge in [0.1, 0.15) is 54.9 Å². The number of nitrogens with two attached hydrogens (primary N) is 5. The Morgan fingerprint density at radius 3 is 1.97 bits per heavy atom. The summed E-state index contributed by atoms with van der Waals surface area (Å²) in [4.78, 5) is 0. The summed E-state index contributed by atoms with van der Waals surface area (Å²) < 4.78 is 22.5. The third-order valence-electron chi connectivity index (χ3n) is 7.04. The van der Waals surface area contributed by atoms with Crippen molar-refractivity contribution in [3.63, 3.8) is 0 Å². The van der Waals surface area contributed by atoms with Gasteiger partial charge in [0, 0.05) is 12.6 Å². The Kier molecular flexibility index (Phi) is 9.42. The van der Waals surface area contributed by atoms with Gasteiger partial charge in [0.15, 0.2) is 12.6 Å². The molecule has 2 saturated heterocycles. The molecule has 35 heavy (non-hydrogen) atoms. The van der Waals surface area contributed by atoms with E-state index in [9.17, 15) is 35.7 Å². The lowest BCUT2D eigenvalue weighted by molar-refractivity contribution is -0.326. The number of aliphatic hydroxyl groups is 7. The molecule has 16 heteroatoms. The van der Waals surface area contributed by atoms with Crippen LogP contribution in [-0.4, -0.2) is 147 Å². The van der Waals surface area contributed by atoms with Crippen molar-refractivity contribution in [2.24, 2.45) is 28.7 Å². The van der Waals surface area contributed by atoms with Crippen molar-refractivity contribution >= 4 is 0 Å². The second-order valence-corrected chi connectivity index (χ2v) is 9.53. The molecule has 0 radical (unpaired) electrons. The van der Waals surface area contributed by atoms with Crippen LogP contribution < -0.4 is 28.7 Å². The summed E-state index contributed by atoms with van der Waals surface area (Å²) in [7, 11) is 0. The van der Waals surface area contributed by atoms with Crippen LogP contribution in [0.2, 0.25) is 0 Å². The predicted octanol–water partition coefficient (Wildman–Crippen LogP) is -7.96. The van der Waals surface area contributed by atoms with Crippen LogP contribution in [0, 0.1) is 0 Å². The maximum atomic E-state index is 11.2. The molecule has 0 aromatic carbocycles. The molecule has 3 rings (SSSR count). The molecule has 15 atom stereocenters. The Labute approximate surface area is 201 Å². The zero-order valence-corrected chi connectivity index (χ0v) is 19.1. The highest BCUT2D eigenvalue weighted by molar-refractivity contribution is 5.09. The van der Waals surface area contributed by atoms with Gasteiger partial charge in [-0.05, 0) is 6.42 Å². The maximum absolute atomic E-state index is 11.2. The van der Waals surface area contributed by atoms with Crippen molar-refractivity contribution in [1.29, 1.82) is 0 Å². The van der Waals surface area contributed by atoms with Gasteiger partial charge in [-0.2, -0.15) is 0 Å². The number of rotatable bonds is 7. The zero-order valence-electron chi connectivity index (χ0n) is 19.1. The Bertz CT molecular complexity index is 696. The number of ether oxygens (including phenoxy) is 4. The van der Waals surface area contributed by atoms with Gasteiger partial charge in [-0.1, -0.05) is 0 Å². The van der Waals surface area contributed by atoms with E-state index in [1.807, 2.05) is 0 Å². The lowest BCUT2D eigenvalue weighted by Gasteiger charge is -2.52. The Hall–Kier alpha value is -0.640. The summed E-state index contributed by atoms with van der Waals surface area (Å²) >= 11 is 0. The molecule has 2 heterocycles. The first-order chi connectivity index (χ1) is 16.4. The maximum Gasteiger partial charge on any atom is 0.186 e. The minimum Gasteiger partial charge on any atom is -0.394 e. The molecule has 1 saturated carbocycles. The average molecular weight is 514 g/mol. The van der Waals surface area contributed by atoms with E-state index in [1.165, 1.54) is 0 Å². The lowest BCUT2D eigenvalue weighted by atomic mass is 9.74. The van der Waals surface area contributed by atoms with Gasteiger partial charge in [-0.15, -0.1) is 0 Å². The van der Waals surface area contributed by atoms with Crippen molar-refractivity contribution in [1.82, 2.24) is 0 Å². The molecule has 206 valence electrons. The SMILES string of the molecule is NC[C@H]1O[C@H](O[C@H]2[C@H](O)[C@@H](O[C@H]3O[C@H](CO)[C@@H](O)[C@H](N)[C@H]3O)[C@@](N)(CO)C[C@@H]2N)[C@H](N)[C@@H](O)[C@@H]1O. The minimum atomic E-state index is -1.64. The number of hydrogen-bond acceptors (Lipinski definition) is 16. The molecular formula is C19H39N5O11. The van der Waals surface area contributed by atoms with Crippen molar-refractivity contribution in [2.45, 2.75) is 97.6 Å². The van der Waals surface area contributed by atoms with Crippen LogP contribution in [0.25, 0.3) is 0 Å². The van der Waals surface area contributed by atoms with Crippen LogP contribution in [0.1, 0.15) is 6.42 Å². The molecule has 0 aromatic heterocycles. The molecule has 17 N–H and O–H groups in total. The number of hydrogen-bond donors (Lipinski definition) is 12. The summed E-state index contributed by atoms with van der Waals surface area (Å²) in [5, 5.41) is 71.4. The standard InChI is InChI=1S/C19H39N5O11/c20-2-6-11(28)12(29)9(23)17(32-6)34-15-5(21)1-19(24,4-26)16(14(15)31)35-18-13(30)8(22)10(27)7(3-25)33-18/h5-18,25-31H,1-4,20-24H2/t5-,6+,7+,8-,9+,10+,11+,12+,13+,14-,15+,16+,17+,18+,19-/m0/s1. The van der Waals surface area contributed by atoms with Gasteiger partial charge in [0.2, 0.25) is 0 Å². The summed E-state index contributed by atoms with van der Waals surface area (Å²) in [6, 6.07) is -3.44. The molecule has 0 aromatic rings. The van der Waals surface area contributed by atoms with E-state index in [4.69, 9.17) is 47.6 Å². The zero-order chi connectivity index (χ0) is 26.2. The summed E-state index contributed by atoms with van der Waals surface area (Å²) in [5.74, 6) is 0. The molecule has 0 unspecified atom stereocenters. The fourth-order valence-corrected chi connectivity index (χ4v) is 4.79. The topological polar surface area (TPSA) is 309 Å². The quantitative estimate of drug-likeness (QED) is 0.150. The first kappa shape index (κ1) is 28.9.